The Labute approximate surface area is 131 Å². The summed E-state index contributed by atoms with van der Waals surface area (Å²) < 4.78 is 10.7. The van der Waals surface area contributed by atoms with E-state index in [-0.39, 0.29) is 11.4 Å². The number of aryl methyl sites for hydroxylation is 1. The minimum Gasteiger partial charge on any atom is -0.497 e. The van der Waals surface area contributed by atoms with Crippen LogP contribution in [0.5, 0.6) is 11.5 Å². The Morgan fingerprint density at radius 2 is 1.64 bits per heavy atom. The van der Waals surface area contributed by atoms with Crippen LogP contribution in [-0.4, -0.2) is 13.1 Å². The molecule has 0 aliphatic heterocycles. The predicted molar refractivity (Wildman–Crippen MR) is 87.8 cm³/mol. The summed E-state index contributed by atoms with van der Waals surface area (Å²) in [6.45, 7) is 8.34. The SMILES string of the molecule is COc1ccc(C(=O)Oc2ccc(C)cc2C(C)(C)C)cc1. The quantitative estimate of drug-likeness (QED) is 0.617. The Hall–Kier alpha value is -2.29. The fraction of sp³-hybridized carbons (Fsp3) is 0.316. The van der Waals surface area contributed by atoms with E-state index in [1.165, 1.54) is 0 Å². The van der Waals surface area contributed by atoms with Crippen LogP contribution in [0.3, 0.4) is 0 Å². The molecule has 0 spiro atoms. The third-order valence-corrected chi connectivity index (χ3v) is 3.47. The van der Waals surface area contributed by atoms with Gasteiger partial charge in [0, 0.05) is 5.56 Å². The first-order valence-corrected chi connectivity index (χ1v) is 7.28. The number of carbonyl (C=O) groups is 1. The van der Waals surface area contributed by atoms with E-state index in [1.54, 1.807) is 31.4 Å². The van der Waals surface area contributed by atoms with Crippen molar-refractivity contribution in [2.75, 3.05) is 7.11 Å². The van der Waals surface area contributed by atoms with Crippen molar-refractivity contribution in [1.29, 1.82) is 0 Å². The minimum absolute atomic E-state index is 0.0957. The number of ether oxygens (including phenoxy) is 2. The van der Waals surface area contributed by atoms with Gasteiger partial charge in [0.1, 0.15) is 11.5 Å². The minimum atomic E-state index is -0.364. The molecule has 0 aliphatic carbocycles. The zero-order valence-electron chi connectivity index (χ0n) is 13.8. The largest absolute Gasteiger partial charge is 0.497 e. The number of carbonyl (C=O) groups excluding carboxylic acids is 1. The van der Waals surface area contributed by atoms with Crippen LogP contribution in [0, 0.1) is 6.92 Å². The molecule has 0 N–H and O–H groups in total. The van der Waals surface area contributed by atoms with Crippen LogP contribution in [0.1, 0.15) is 42.3 Å². The normalized spacial score (nSPS) is 11.1. The van der Waals surface area contributed by atoms with Gasteiger partial charge in [-0.15, -0.1) is 0 Å². The molecular formula is C19H22O3. The van der Waals surface area contributed by atoms with Crippen LogP contribution in [0.15, 0.2) is 42.5 Å². The molecule has 2 rings (SSSR count). The van der Waals surface area contributed by atoms with Crippen molar-refractivity contribution in [3.05, 3.63) is 59.2 Å². The molecule has 0 aliphatic rings. The van der Waals surface area contributed by atoms with E-state index in [0.29, 0.717) is 17.1 Å². The van der Waals surface area contributed by atoms with Crippen molar-refractivity contribution in [3.63, 3.8) is 0 Å². The summed E-state index contributed by atoms with van der Waals surface area (Å²) >= 11 is 0. The van der Waals surface area contributed by atoms with Crippen LogP contribution in [-0.2, 0) is 5.41 Å². The molecule has 2 aromatic carbocycles. The van der Waals surface area contributed by atoms with Crippen LogP contribution in [0.4, 0.5) is 0 Å². The van der Waals surface area contributed by atoms with Gasteiger partial charge >= 0.3 is 5.97 Å². The smallest absolute Gasteiger partial charge is 0.343 e. The first-order chi connectivity index (χ1) is 10.3. The lowest BCUT2D eigenvalue weighted by Crippen LogP contribution is -2.16. The fourth-order valence-corrected chi connectivity index (χ4v) is 2.20. The lowest BCUT2D eigenvalue weighted by Gasteiger charge is -2.22. The highest BCUT2D eigenvalue weighted by atomic mass is 16.5. The lowest BCUT2D eigenvalue weighted by atomic mass is 9.85. The summed E-state index contributed by atoms with van der Waals surface area (Å²) in [4.78, 5) is 12.3. The first kappa shape index (κ1) is 16.1. The Morgan fingerprint density at radius 3 is 2.18 bits per heavy atom. The molecular weight excluding hydrogens is 276 g/mol. The molecule has 3 heteroatoms. The van der Waals surface area contributed by atoms with Crippen molar-refractivity contribution in [2.24, 2.45) is 0 Å². The van der Waals surface area contributed by atoms with Gasteiger partial charge in [-0.05, 0) is 42.7 Å². The molecule has 0 atom stereocenters. The maximum absolute atomic E-state index is 12.3. The summed E-state index contributed by atoms with van der Waals surface area (Å²) in [6.07, 6.45) is 0. The van der Waals surface area contributed by atoms with Crippen molar-refractivity contribution >= 4 is 5.97 Å². The highest BCUT2D eigenvalue weighted by Gasteiger charge is 2.21. The van der Waals surface area contributed by atoms with Gasteiger partial charge < -0.3 is 9.47 Å². The molecule has 3 nitrogen and oxygen atoms in total. The van der Waals surface area contributed by atoms with Gasteiger partial charge in [-0.2, -0.15) is 0 Å². The number of esters is 1. The Morgan fingerprint density at radius 1 is 1.00 bits per heavy atom. The average molecular weight is 298 g/mol. The second-order valence-electron chi connectivity index (χ2n) is 6.37. The molecule has 0 amide bonds. The number of rotatable bonds is 3. The van der Waals surface area contributed by atoms with E-state index in [2.05, 4.69) is 26.8 Å². The van der Waals surface area contributed by atoms with Gasteiger partial charge in [0.2, 0.25) is 0 Å². The zero-order chi connectivity index (χ0) is 16.3. The van der Waals surface area contributed by atoms with Gasteiger partial charge in [-0.3, -0.25) is 0 Å². The first-order valence-electron chi connectivity index (χ1n) is 7.28. The van der Waals surface area contributed by atoms with Crippen molar-refractivity contribution < 1.29 is 14.3 Å². The van der Waals surface area contributed by atoms with Crippen molar-refractivity contribution in [2.45, 2.75) is 33.1 Å². The number of hydrogen-bond acceptors (Lipinski definition) is 3. The monoisotopic (exact) mass is 298 g/mol. The summed E-state index contributed by atoms with van der Waals surface area (Å²) in [6, 6.07) is 12.8. The molecule has 0 fully saturated rings. The van der Waals surface area contributed by atoms with E-state index in [0.717, 1.165) is 11.1 Å². The molecule has 0 aromatic heterocycles. The van der Waals surface area contributed by atoms with E-state index in [4.69, 9.17) is 9.47 Å². The van der Waals surface area contributed by atoms with E-state index >= 15 is 0 Å². The maximum atomic E-state index is 12.3. The van der Waals surface area contributed by atoms with Gasteiger partial charge in [0.05, 0.1) is 12.7 Å². The molecule has 0 bridgehead atoms. The lowest BCUT2D eigenvalue weighted by molar-refractivity contribution is 0.0732. The molecule has 0 saturated carbocycles. The maximum Gasteiger partial charge on any atom is 0.343 e. The van der Waals surface area contributed by atoms with Crippen molar-refractivity contribution in [3.8, 4) is 11.5 Å². The van der Waals surface area contributed by atoms with Crippen LogP contribution in [0.25, 0.3) is 0 Å². The number of methoxy groups -OCH3 is 1. The second kappa shape index (κ2) is 6.22. The highest BCUT2D eigenvalue weighted by Crippen LogP contribution is 2.32. The molecule has 22 heavy (non-hydrogen) atoms. The summed E-state index contributed by atoms with van der Waals surface area (Å²) in [7, 11) is 1.59. The van der Waals surface area contributed by atoms with E-state index < -0.39 is 0 Å². The molecule has 0 saturated heterocycles. The molecule has 0 heterocycles. The summed E-state index contributed by atoms with van der Waals surface area (Å²) in [5.41, 5.74) is 2.58. The highest BCUT2D eigenvalue weighted by molar-refractivity contribution is 5.91. The average Bonchev–Trinajstić information content (AvgIpc) is 2.48. The molecule has 116 valence electrons. The Bertz CT molecular complexity index is 664. The van der Waals surface area contributed by atoms with Gasteiger partial charge in [-0.25, -0.2) is 4.79 Å². The van der Waals surface area contributed by atoms with Crippen LogP contribution < -0.4 is 9.47 Å². The third-order valence-electron chi connectivity index (χ3n) is 3.47. The van der Waals surface area contributed by atoms with E-state index in [1.807, 2.05) is 19.1 Å². The van der Waals surface area contributed by atoms with Crippen molar-refractivity contribution in [1.82, 2.24) is 0 Å². The topological polar surface area (TPSA) is 35.5 Å². The van der Waals surface area contributed by atoms with E-state index in [9.17, 15) is 4.79 Å². The number of hydrogen-bond donors (Lipinski definition) is 0. The predicted octanol–water partition coefficient (Wildman–Crippen LogP) is 4.52. The van der Waals surface area contributed by atoms with Gasteiger partial charge in [0.15, 0.2) is 0 Å². The molecule has 0 unspecified atom stereocenters. The Balaban J connectivity index is 2.28. The van der Waals surface area contributed by atoms with Gasteiger partial charge in [0.25, 0.3) is 0 Å². The van der Waals surface area contributed by atoms with Gasteiger partial charge in [-0.1, -0.05) is 38.5 Å². The molecule has 2 aromatic rings. The number of benzene rings is 2. The third kappa shape index (κ3) is 3.67. The molecule has 0 radical (unpaired) electrons. The van der Waals surface area contributed by atoms with Crippen LogP contribution >= 0.6 is 0 Å². The standard InChI is InChI=1S/C19H22O3/c1-13-6-11-17(16(12-13)19(2,3)4)22-18(20)14-7-9-15(21-5)10-8-14/h6-12H,1-5H3. The second-order valence-corrected chi connectivity index (χ2v) is 6.37. The zero-order valence-corrected chi connectivity index (χ0v) is 13.8. The summed E-state index contributed by atoms with van der Waals surface area (Å²) in [5, 5.41) is 0. The Kier molecular flexibility index (Phi) is 4.55. The summed E-state index contributed by atoms with van der Waals surface area (Å²) in [5.74, 6) is 0.957. The van der Waals surface area contributed by atoms with Crippen LogP contribution in [0.2, 0.25) is 0 Å². The fourth-order valence-electron chi connectivity index (χ4n) is 2.20.